The Labute approximate surface area is 226 Å². The SMILES string of the molecule is Cn1cc(-c2cccc(N3CCOc4cc(C(C)(C)C)ccc4C3=O)c2CO)cc(Nc2ccncn2)c1=O. The highest BCUT2D eigenvalue weighted by Crippen LogP contribution is 2.36. The van der Waals surface area contributed by atoms with Crippen LogP contribution in [-0.2, 0) is 19.1 Å². The topological polar surface area (TPSA) is 110 Å². The minimum absolute atomic E-state index is 0.0806. The van der Waals surface area contributed by atoms with E-state index < -0.39 is 0 Å². The number of carbonyl (C=O) groups is 1. The Kier molecular flexibility index (Phi) is 6.93. The average Bonchev–Trinajstić information content (AvgIpc) is 3.09. The van der Waals surface area contributed by atoms with Gasteiger partial charge < -0.3 is 24.6 Å². The number of nitrogens with zero attached hydrogens (tertiary/aromatic N) is 4. The number of carbonyl (C=O) groups excluding carboxylic acids is 1. The van der Waals surface area contributed by atoms with Gasteiger partial charge in [-0.25, -0.2) is 9.97 Å². The number of amides is 1. The van der Waals surface area contributed by atoms with Crippen LogP contribution in [0.3, 0.4) is 0 Å². The van der Waals surface area contributed by atoms with E-state index in [9.17, 15) is 14.7 Å². The number of rotatable bonds is 5. The number of nitrogens with one attached hydrogen (secondary N) is 1. The lowest BCUT2D eigenvalue weighted by Gasteiger charge is -2.25. The number of anilines is 3. The molecule has 39 heavy (non-hydrogen) atoms. The Morgan fingerprint density at radius 1 is 1.08 bits per heavy atom. The molecule has 1 amide bonds. The molecule has 1 aliphatic rings. The van der Waals surface area contributed by atoms with Crippen LogP contribution in [-0.4, -0.2) is 38.7 Å². The van der Waals surface area contributed by atoms with Crippen LogP contribution >= 0.6 is 0 Å². The quantitative estimate of drug-likeness (QED) is 0.397. The summed E-state index contributed by atoms with van der Waals surface area (Å²) in [6, 6.07) is 14.6. The summed E-state index contributed by atoms with van der Waals surface area (Å²) in [5.41, 5.74) is 4.16. The van der Waals surface area contributed by atoms with E-state index in [0.717, 1.165) is 5.56 Å². The van der Waals surface area contributed by atoms with E-state index >= 15 is 0 Å². The summed E-state index contributed by atoms with van der Waals surface area (Å²) in [6.45, 7) is 6.69. The predicted molar refractivity (Wildman–Crippen MR) is 151 cm³/mol. The van der Waals surface area contributed by atoms with Gasteiger partial charge in [-0.1, -0.05) is 39.0 Å². The van der Waals surface area contributed by atoms with Crippen LogP contribution in [0.2, 0.25) is 0 Å². The first-order valence-corrected chi connectivity index (χ1v) is 12.7. The van der Waals surface area contributed by atoms with Crippen molar-refractivity contribution in [1.29, 1.82) is 0 Å². The second-order valence-electron chi connectivity index (χ2n) is 10.5. The molecule has 9 heteroatoms. The molecule has 3 heterocycles. The lowest BCUT2D eigenvalue weighted by Crippen LogP contribution is -2.33. The lowest BCUT2D eigenvalue weighted by molar-refractivity contribution is 0.0989. The van der Waals surface area contributed by atoms with Crippen molar-refractivity contribution in [2.75, 3.05) is 23.4 Å². The van der Waals surface area contributed by atoms with Gasteiger partial charge in [0, 0.05) is 30.6 Å². The normalized spacial score (nSPS) is 13.5. The van der Waals surface area contributed by atoms with Gasteiger partial charge in [0.1, 0.15) is 30.2 Å². The Morgan fingerprint density at radius 2 is 1.90 bits per heavy atom. The minimum Gasteiger partial charge on any atom is -0.491 e. The van der Waals surface area contributed by atoms with Crippen LogP contribution < -0.4 is 20.5 Å². The van der Waals surface area contributed by atoms with Crippen LogP contribution in [0.1, 0.15) is 42.3 Å². The number of aliphatic hydroxyl groups is 1. The highest BCUT2D eigenvalue weighted by Gasteiger charge is 2.28. The molecule has 5 rings (SSSR count). The maximum atomic E-state index is 13.8. The molecule has 1 aliphatic heterocycles. The molecule has 0 unspecified atom stereocenters. The van der Waals surface area contributed by atoms with Gasteiger partial charge in [-0.2, -0.15) is 0 Å². The van der Waals surface area contributed by atoms with Gasteiger partial charge in [0.25, 0.3) is 11.5 Å². The smallest absolute Gasteiger partial charge is 0.274 e. The number of aliphatic hydroxyl groups excluding tert-OH is 1. The lowest BCUT2D eigenvalue weighted by atomic mass is 9.86. The fraction of sp³-hybridized carbons (Fsp3) is 0.267. The van der Waals surface area contributed by atoms with Gasteiger partial charge in [-0.05, 0) is 46.9 Å². The second kappa shape index (κ2) is 10.3. The van der Waals surface area contributed by atoms with Crippen molar-refractivity contribution in [3.63, 3.8) is 0 Å². The largest absolute Gasteiger partial charge is 0.491 e. The molecule has 200 valence electrons. The predicted octanol–water partition coefficient (Wildman–Crippen LogP) is 4.41. The molecule has 0 saturated carbocycles. The third-order valence-corrected chi connectivity index (χ3v) is 6.83. The van der Waals surface area contributed by atoms with Crippen LogP contribution in [0.25, 0.3) is 11.1 Å². The maximum absolute atomic E-state index is 13.8. The number of aryl methyl sites for hydroxylation is 1. The molecule has 4 aromatic rings. The summed E-state index contributed by atoms with van der Waals surface area (Å²) in [5.74, 6) is 0.857. The number of benzene rings is 2. The summed E-state index contributed by atoms with van der Waals surface area (Å²) < 4.78 is 7.49. The standard InChI is InChI=1S/C30H31N5O4/c1-30(2,3)20-8-9-22-26(15-20)39-13-12-35(28(22)37)25-7-5-6-21(23(25)17-36)19-14-24(29(38)34(4)16-19)33-27-10-11-31-18-32-27/h5-11,14-16,18,36H,12-13,17H2,1-4H3,(H,31,32,33). The Balaban J connectivity index is 1.56. The fourth-order valence-corrected chi connectivity index (χ4v) is 4.72. The van der Waals surface area contributed by atoms with Gasteiger partial charge in [0.2, 0.25) is 0 Å². The summed E-state index contributed by atoms with van der Waals surface area (Å²) in [7, 11) is 1.66. The molecule has 9 nitrogen and oxygen atoms in total. The van der Waals surface area contributed by atoms with Crippen LogP contribution in [0.15, 0.2) is 72.0 Å². The number of pyridine rings is 1. The van der Waals surface area contributed by atoms with Crippen LogP contribution in [0.5, 0.6) is 5.75 Å². The maximum Gasteiger partial charge on any atom is 0.274 e. The molecular weight excluding hydrogens is 494 g/mol. The van der Waals surface area contributed by atoms with Gasteiger partial charge in [-0.3, -0.25) is 9.59 Å². The van der Waals surface area contributed by atoms with Crippen molar-refractivity contribution in [2.24, 2.45) is 7.05 Å². The molecule has 2 N–H and O–H groups in total. The van der Waals surface area contributed by atoms with E-state index in [2.05, 4.69) is 36.1 Å². The van der Waals surface area contributed by atoms with Crippen molar-refractivity contribution < 1.29 is 14.6 Å². The first kappa shape index (κ1) is 26.1. The molecule has 0 atom stereocenters. The molecular formula is C30H31N5O4. The second-order valence-corrected chi connectivity index (χ2v) is 10.5. The van der Waals surface area contributed by atoms with Gasteiger partial charge in [0.15, 0.2) is 0 Å². The Bertz CT molecular complexity index is 1590. The first-order chi connectivity index (χ1) is 18.7. The van der Waals surface area contributed by atoms with Crippen LogP contribution in [0, 0.1) is 0 Å². The number of hydrogen-bond acceptors (Lipinski definition) is 7. The number of ether oxygens (including phenoxy) is 1. The summed E-state index contributed by atoms with van der Waals surface area (Å²) in [4.78, 5) is 36.3. The zero-order valence-electron chi connectivity index (χ0n) is 22.4. The average molecular weight is 526 g/mol. The van der Waals surface area contributed by atoms with Gasteiger partial charge in [0.05, 0.1) is 24.4 Å². The van der Waals surface area contributed by atoms with Crippen molar-refractivity contribution in [2.45, 2.75) is 32.8 Å². The third-order valence-electron chi connectivity index (χ3n) is 6.83. The number of hydrogen-bond donors (Lipinski definition) is 2. The van der Waals surface area contributed by atoms with Crippen molar-refractivity contribution in [1.82, 2.24) is 14.5 Å². The van der Waals surface area contributed by atoms with E-state index in [4.69, 9.17) is 4.74 Å². The highest BCUT2D eigenvalue weighted by atomic mass is 16.5. The summed E-state index contributed by atoms with van der Waals surface area (Å²) >= 11 is 0. The fourth-order valence-electron chi connectivity index (χ4n) is 4.72. The zero-order chi connectivity index (χ0) is 27.7. The van der Waals surface area contributed by atoms with Crippen molar-refractivity contribution >= 4 is 23.1 Å². The molecule has 0 saturated heterocycles. The molecule has 2 aromatic heterocycles. The molecule has 0 spiro atoms. The molecule has 0 fully saturated rings. The molecule has 0 bridgehead atoms. The van der Waals surface area contributed by atoms with E-state index in [1.54, 1.807) is 36.5 Å². The Morgan fingerprint density at radius 3 is 2.62 bits per heavy atom. The summed E-state index contributed by atoms with van der Waals surface area (Å²) in [6.07, 6.45) is 4.69. The monoisotopic (exact) mass is 525 g/mol. The number of fused-ring (bicyclic) bond motifs is 1. The van der Waals surface area contributed by atoms with Crippen LogP contribution in [0.4, 0.5) is 17.2 Å². The number of aromatic nitrogens is 3. The van der Waals surface area contributed by atoms with E-state index in [-0.39, 0.29) is 23.5 Å². The van der Waals surface area contributed by atoms with E-state index in [0.29, 0.717) is 58.3 Å². The zero-order valence-corrected chi connectivity index (χ0v) is 22.4. The van der Waals surface area contributed by atoms with Crippen molar-refractivity contribution in [3.8, 4) is 16.9 Å². The first-order valence-electron chi connectivity index (χ1n) is 12.7. The molecule has 0 radical (unpaired) electrons. The molecule has 2 aromatic carbocycles. The Hall–Kier alpha value is -4.50. The summed E-state index contributed by atoms with van der Waals surface area (Å²) in [5, 5.41) is 13.6. The van der Waals surface area contributed by atoms with E-state index in [1.165, 1.54) is 10.9 Å². The third kappa shape index (κ3) is 5.13. The van der Waals surface area contributed by atoms with Gasteiger partial charge >= 0.3 is 0 Å². The van der Waals surface area contributed by atoms with E-state index in [1.807, 2.05) is 36.4 Å². The minimum atomic E-state index is -0.302. The van der Waals surface area contributed by atoms with Crippen molar-refractivity contribution in [3.05, 3.63) is 94.3 Å². The highest BCUT2D eigenvalue weighted by molar-refractivity contribution is 6.09. The van der Waals surface area contributed by atoms with Gasteiger partial charge in [-0.15, -0.1) is 0 Å². The molecule has 0 aliphatic carbocycles.